The van der Waals surface area contributed by atoms with E-state index in [1.807, 2.05) is 17.6 Å². The smallest absolute Gasteiger partial charge is 0.274 e. The van der Waals surface area contributed by atoms with Gasteiger partial charge in [-0.05, 0) is 40.8 Å². The first-order valence-corrected chi connectivity index (χ1v) is 9.20. The van der Waals surface area contributed by atoms with Crippen molar-refractivity contribution in [3.8, 4) is 0 Å². The monoisotopic (exact) mass is 388 g/mol. The molecule has 120 valence electrons. The number of aromatic nitrogens is 3. The minimum Gasteiger partial charge on any atom is -0.354 e. The zero-order chi connectivity index (χ0) is 15.9. The molecule has 2 aromatic heterocycles. The van der Waals surface area contributed by atoms with Crippen LogP contribution in [0.5, 0.6) is 0 Å². The maximum absolute atomic E-state index is 10.8. The highest BCUT2D eigenvalue weighted by Gasteiger charge is 2.29. The molecule has 10 heteroatoms. The Labute approximate surface area is 137 Å². The summed E-state index contributed by atoms with van der Waals surface area (Å²) in [6.45, 7) is 4.09. The lowest BCUT2D eigenvalue weighted by Gasteiger charge is -2.40. The van der Waals surface area contributed by atoms with Gasteiger partial charge in [0.05, 0.1) is 0 Å². The van der Waals surface area contributed by atoms with Crippen LogP contribution in [0.2, 0.25) is 0 Å². The van der Waals surface area contributed by atoms with Crippen molar-refractivity contribution in [2.75, 3.05) is 24.5 Å². The Hall–Kier alpha value is -1.23. The first-order valence-electron chi connectivity index (χ1n) is 6.86. The third-order valence-corrected chi connectivity index (χ3v) is 5.26. The van der Waals surface area contributed by atoms with E-state index in [4.69, 9.17) is 5.14 Å². The third kappa shape index (κ3) is 3.09. The molecule has 0 unspecified atom stereocenters. The van der Waals surface area contributed by atoms with Crippen LogP contribution in [0, 0.1) is 12.8 Å². The van der Waals surface area contributed by atoms with Gasteiger partial charge in [-0.2, -0.15) is 13.5 Å². The Kier molecular flexibility index (Phi) is 4.10. The van der Waals surface area contributed by atoms with E-state index in [0.29, 0.717) is 12.5 Å². The fourth-order valence-electron chi connectivity index (χ4n) is 2.67. The molecule has 0 saturated carbocycles. The first kappa shape index (κ1) is 15.7. The third-order valence-electron chi connectivity index (χ3n) is 3.86. The van der Waals surface area contributed by atoms with Crippen LogP contribution >= 0.6 is 15.9 Å². The maximum Gasteiger partial charge on any atom is 0.274 e. The van der Waals surface area contributed by atoms with Crippen LogP contribution in [0.25, 0.3) is 5.52 Å². The molecule has 22 heavy (non-hydrogen) atoms. The van der Waals surface area contributed by atoms with Crippen molar-refractivity contribution in [2.24, 2.45) is 11.1 Å². The van der Waals surface area contributed by atoms with Crippen molar-refractivity contribution < 1.29 is 8.42 Å². The van der Waals surface area contributed by atoms with E-state index in [-0.39, 0.29) is 0 Å². The molecular formula is C12H17BrN6O2S. The summed E-state index contributed by atoms with van der Waals surface area (Å²) < 4.78 is 26.8. The van der Waals surface area contributed by atoms with Crippen molar-refractivity contribution >= 4 is 37.5 Å². The molecule has 0 radical (unpaired) electrons. The Morgan fingerprint density at radius 3 is 2.91 bits per heavy atom. The average Bonchev–Trinajstić information content (AvgIpc) is 2.67. The quantitative estimate of drug-likeness (QED) is 0.771. The second-order valence-electron chi connectivity index (χ2n) is 5.48. The van der Waals surface area contributed by atoms with Crippen LogP contribution in [0.1, 0.15) is 12.0 Å². The Morgan fingerprint density at radius 1 is 1.50 bits per heavy atom. The first-order chi connectivity index (χ1) is 10.3. The van der Waals surface area contributed by atoms with Gasteiger partial charge >= 0.3 is 0 Å². The molecule has 0 atom stereocenters. The maximum atomic E-state index is 10.8. The number of hydrogen-bond acceptors (Lipinski definition) is 5. The molecule has 3 N–H and O–H groups in total. The summed E-state index contributed by atoms with van der Waals surface area (Å²) in [5.41, 5.74) is 2.10. The summed E-state index contributed by atoms with van der Waals surface area (Å²) in [4.78, 5) is 6.58. The van der Waals surface area contributed by atoms with Crippen molar-refractivity contribution in [2.45, 2.75) is 13.3 Å². The molecule has 3 heterocycles. The van der Waals surface area contributed by atoms with Gasteiger partial charge in [-0.1, -0.05) is 0 Å². The van der Waals surface area contributed by atoms with Gasteiger partial charge in [-0.3, -0.25) is 0 Å². The number of nitrogens with two attached hydrogens (primary N) is 1. The number of anilines is 1. The number of aryl methyl sites for hydroxylation is 1. The van der Waals surface area contributed by atoms with Crippen LogP contribution in [0.3, 0.4) is 0 Å². The molecule has 0 amide bonds. The molecule has 1 saturated heterocycles. The summed E-state index contributed by atoms with van der Waals surface area (Å²) in [6.07, 6.45) is 4.23. The molecule has 3 rings (SSSR count). The van der Waals surface area contributed by atoms with Crippen molar-refractivity contribution in [3.63, 3.8) is 0 Å². The highest BCUT2D eigenvalue weighted by atomic mass is 79.9. The fourth-order valence-corrected chi connectivity index (χ4v) is 3.46. The van der Waals surface area contributed by atoms with E-state index in [1.165, 1.54) is 0 Å². The molecule has 8 nitrogen and oxygen atoms in total. The number of halogens is 1. The SMILES string of the molecule is Cc1c(Br)cn2ncnc(N3CC(CCNS(N)(=O)=O)C3)c12. The van der Waals surface area contributed by atoms with Crippen molar-refractivity contribution in [1.29, 1.82) is 0 Å². The van der Waals surface area contributed by atoms with Gasteiger partial charge in [0.25, 0.3) is 10.2 Å². The highest BCUT2D eigenvalue weighted by Crippen LogP contribution is 2.32. The van der Waals surface area contributed by atoms with Gasteiger partial charge in [-0.15, -0.1) is 0 Å². The van der Waals surface area contributed by atoms with Gasteiger partial charge in [-0.25, -0.2) is 19.4 Å². The second kappa shape index (κ2) is 5.76. The molecule has 0 aliphatic carbocycles. The van der Waals surface area contributed by atoms with Crippen LogP contribution in [0.15, 0.2) is 17.0 Å². The van der Waals surface area contributed by atoms with Crippen LogP contribution < -0.4 is 14.8 Å². The molecule has 0 spiro atoms. The van der Waals surface area contributed by atoms with Gasteiger partial charge in [0.1, 0.15) is 11.8 Å². The summed E-state index contributed by atoms with van der Waals surface area (Å²) in [5.74, 6) is 1.34. The van der Waals surface area contributed by atoms with E-state index in [1.54, 1.807) is 6.33 Å². The summed E-state index contributed by atoms with van der Waals surface area (Å²) >= 11 is 3.51. The topological polar surface area (TPSA) is 106 Å². The largest absolute Gasteiger partial charge is 0.354 e. The van der Waals surface area contributed by atoms with Gasteiger partial charge in [0.15, 0.2) is 5.82 Å². The number of hydrogen-bond donors (Lipinski definition) is 2. The van der Waals surface area contributed by atoms with E-state index < -0.39 is 10.2 Å². The van der Waals surface area contributed by atoms with E-state index in [0.717, 1.165) is 40.9 Å². The van der Waals surface area contributed by atoms with Crippen LogP contribution in [-0.4, -0.2) is 42.7 Å². The van der Waals surface area contributed by atoms with Gasteiger partial charge in [0, 0.05) is 30.3 Å². The Bertz CT molecular complexity index is 799. The fraction of sp³-hybridized carbons (Fsp3) is 0.500. The molecule has 2 aromatic rings. The molecule has 1 aliphatic heterocycles. The van der Waals surface area contributed by atoms with Crippen LogP contribution in [-0.2, 0) is 10.2 Å². The lowest BCUT2D eigenvalue weighted by atomic mass is 9.96. The van der Waals surface area contributed by atoms with Gasteiger partial charge < -0.3 is 4.90 Å². The molecule has 0 aromatic carbocycles. The second-order valence-corrected chi connectivity index (χ2v) is 7.71. The minimum atomic E-state index is -3.59. The lowest BCUT2D eigenvalue weighted by Crippen LogP contribution is -2.48. The number of nitrogens with one attached hydrogen (secondary N) is 1. The predicted octanol–water partition coefficient (Wildman–Crippen LogP) is 0.420. The normalized spacial score (nSPS) is 16.2. The highest BCUT2D eigenvalue weighted by molar-refractivity contribution is 9.10. The van der Waals surface area contributed by atoms with Crippen LogP contribution in [0.4, 0.5) is 5.82 Å². The molecular weight excluding hydrogens is 372 g/mol. The van der Waals surface area contributed by atoms with Crippen molar-refractivity contribution in [3.05, 3.63) is 22.6 Å². The summed E-state index contributed by atoms with van der Waals surface area (Å²) in [5, 5.41) is 9.13. The van der Waals surface area contributed by atoms with Gasteiger partial charge in [0.2, 0.25) is 0 Å². The Balaban J connectivity index is 1.66. The summed E-state index contributed by atoms with van der Waals surface area (Å²) in [7, 11) is -3.59. The Morgan fingerprint density at radius 2 is 2.23 bits per heavy atom. The zero-order valence-corrected chi connectivity index (χ0v) is 14.4. The predicted molar refractivity (Wildman–Crippen MR) is 86.9 cm³/mol. The van der Waals surface area contributed by atoms with E-state index in [9.17, 15) is 8.42 Å². The number of nitrogens with zero attached hydrogens (tertiary/aromatic N) is 4. The standard InChI is InChI=1S/C12H17BrN6O2S/c1-8-10(13)6-19-11(8)12(15-7-16-19)18-4-9(5-18)2-3-17-22(14,20)21/h6-7,9,17H,2-5H2,1H3,(H2,14,20,21). The van der Waals surface area contributed by atoms with E-state index in [2.05, 4.69) is 35.6 Å². The summed E-state index contributed by atoms with van der Waals surface area (Å²) in [6, 6.07) is 0. The lowest BCUT2D eigenvalue weighted by molar-refractivity contribution is 0.382. The minimum absolute atomic E-state index is 0.367. The zero-order valence-electron chi connectivity index (χ0n) is 12.0. The number of fused-ring (bicyclic) bond motifs is 1. The average molecular weight is 389 g/mol. The van der Waals surface area contributed by atoms with Crippen molar-refractivity contribution in [1.82, 2.24) is 19.3 Å². The molecule has 1 fully saturated rings. The van der Waals surface area contributed by atoms with E-state index >= 15 is 0 Å². The molecule has 1 aliphatic rings. The number of rotatable bonds is 5. The molecule has 0 bridgehead atoms.